The number of benzene rings is 2. The van der Waals surface area contributed by atoms with Gasteiger partial charge in [-0.25, -0.2) is 8.42 Å². The number of halogens is 1. The molecule has 0 bridgehead atoms. The van der Waals surface area contributed by atoms with Crippen molar-refractivity contribution in [3.05, 3.63) is 58.6 Å². The van der Waals surface area contributed by atoms with Crippen LogP contribution in [0.25, 0.3) is 0 Å². The summed E-state index contributed by atoms with van der Waals surface area (Å²) in [7, 11) is -3.53. The van der Waals surface area contributed by atoms with Gasteiger partial charge in [0.05, 0.1) is 9.79 Å². The van der Waals surface area contributed by atoms with Gasteiger partial charge in [0.2, 0.25) is 9.84 Å². The second-order valence-corrected chi connectivity index (χ2v) is 8.03. The highest BCUT2D eigenvalue weighted by molar-refractivity contribution is 7.91. The smallest absolute Gasteiger partial charge is 0.206 e. The number of fused-ring (bicyclic) bond motifs is 1. The molecule has 0 fully saturated rings. The average molecular weight is 336 g/mol. The number of hydrogen-bond acceptors (Lipinski definition) is 3. The van der Waals surface area contributed by atoms with E-state index in [-0.39, 0.29) is 4.90 Å². The van der Waals surface area contributed by atoms with Crippen LogP contribution in [-0.2, 0) is 16.3 Å². The van der Waals surface area contributed by atoms with Crippen LogP contribution in [0.1, 0.15) is 29.9 Å². The van der Waals surface area contributed by atoms with Gasteiger partial charge >= 0.3 is 0 Å². The maximum atomic E-state index is 12.7. The summed E-state index contributed by atoms with van der Waals surface area (Å²) in [5.74, 6) is 0.340. The van der Waals surface area contributed by atoms with Crippen LogP contribution in [0, 0.1) is 0 Å². The summed E-state index contributed by atoms with van der Waals surface area (Å²) >= 11 is 5.91. The van der Waals surface area contributed by atoms with Crippen molar-refractivity contribution in [3.63, 3.8) is 0 Å². The lowest BCUT2D eigenvalue weighted by Gasteiger charge is -2.24. The molecule has 116 valence electrons. The molecule has 2 aromatic rings. The van der Waals surface area contributed by atoms with Crippen molar-refractivity contribution in [1.82, 2.24) is 0 Å². The molecule has 0 radical (unpaired) electrons. The monoisotopic (exact) mass is 335 g/mol. The zero-order chi connectivity index (χ0) is 15.7. The van der Waals surface area contributed by atoms with Crippen molar-refractivity contribution in [2.45, 2.75) is 35.0 Å². The molecule has 1 atom stereocenters. The molecule has 22 heavy (non-hydrogen) atoms. The maximum Gasteiger partial charge on any atom is 0.206 e. The highest BCUT2D eigenvalue weighted by Gasteiger charge is 2.23. The molecule has 0 aromatic heterocycles. The van der Waals surface area contributed by atoms with Crippen LogP contribution >= 0.6 is 11.6 Å². The lowest BCUT2D eigenvalue weighted by Crippen LogP contribution is -2.18. The van der Waals surface area contributed by atoms with Gasteiger partial charge in [-0.3, -0.25) is 0 Å². The van der Waals surface area contributed by atoms with Crippen LogP contribution in [0.15, 0.2) is 52.3 Å². The number of aryl methyl sites for hydroxylation is 1. The van der Waals surface area contributed by atoms with Crippen LogP contribution in [-0.4, -0.2) is 15.0 Å². The zero-order valence-corrected chi connectivity index (χ0v) is 13.7. The summed E-state index contributed by atoms with van der Waals surface area (Å²) < 4.78 is 25.5. The van der Waals surface area contributed by atoms with E-state index in [2.05, 4.69) is 0 Å². The Labute approximate surface area is 136 Å². The van der Waals surface area contributed by atoms with Crippen molar-refractivity contribution < 1.29 is 8.42 Å². The molecular formula is C17H18ClNO2S. The van der Waals surface area contributed by atoms with Crippen molar-refractivity contribution in [2.75, 3.05) is 6.54 Å². The average Bonchev–Trinajstić information content (AvgIpc) is 2.53. The zero-order valence-electron chi connectivity index (χ0n) is 12.1. The van der Waals surface area contributed by atoms with Crippen molar-refractivity contribution in [1.29, 1.82) is 0 Å². The van der Waals surface area contributed by atoms with Gasteiger partial charge in [0.15, 0.2) is 0 Å². The Morgan fingerprint density at radius 2 is 1.91 bits per heavy atom. The Balaban J connectivity index is 2.06. The SMILES string of the molecule is NCC1CCCc2cc(S(=O)(=O)c3cccc(Cl)c3)ccc21. The fourth-order valence-corrected chi connectivity index (χ4v) is 4.69. The van der Waals surface area contributed by atoms with Crippen molar-refractivity contribution in [2.24, 2.45) is 5.73 Å². The predicted octanol–water partition coefficient (Wildman–Crippen LogP) is 3.55. The number of sulfone groups is 1. The molecule has 1 aliphatic rings. The first-order valence-corrected chi connectivity index (χ1v) is 9.22. The van der Waals surface area contributed by atoms with E-state index in [1.807, 2.05) is 6.07 Å². The third-order valence-corrected chi connectivity index (χ3v) is 6.24. The Kier molecular flexibility index (Phi) is 4.26. The summed E-state index contributed by atoms with van der Waals surface area (Å²) in [5.41, 5.74) is 8.11. The Morgan fingerprint density at radius 3 is 2.64 bits per heavy atom. The largest absolute Gasteiger partial charge is 0.330 e. The molecule has 0 spiro atoms. The van der Waals surface area contributed by atoms with Gasteiger partial charge in [0.25, 0.3) is 0 Å². The van der Waals surface area contributed by atoms with E-state index in [9.17, 15) is 8.42 Å². The van der Waals surface area contributed by atoms with Gasteiger partial charge in [-0.1, -0.05) is 23.7 Å². The van der Waals surface area contributed by atoms with Gasteiger partial charge < -0.3 is 5.73 Å². The molecular weight excluding hydrogens is 318 g/mol. The van der Waals surface area contributed by atoms with Crippen LogP contribution in [0.2, 0.25) is 5.02 Å². The molecule has 1 aliphatic carbocycles. The highest BCUT2D eigenvalue weighted by Crippen LogP contribution is 2.33. The molecule has 0 heterocycles. The van der Waals surface area contributed by atoms with Gasteiger partial charge in [-0.2, -0.15) is 0 Å². The molecule has 3 rings (SSSR count). The van der Waals surface area contributed by atoms with Gasteiger partial charge in [0.1, 0.15) is 0 Å². The van der Waals surface area contributed by atoms with Crippen molar-refractivity contribution >= 4 is 21.4 Å². The Hall–Kier alpha value is -1.36. The van der Waals surface area contributed by atoms with Crippen LogP contribution < -0.4 is 5.73 Å². The molecule has 5 heteroatoms. The fraction of sp³-hybridized carbons (Fsp3) is 0.294. The summed E-state index contributed by atoms with van der Waals surface area (Å²) in [6, 6.07) is 11.8. The highest BCUT2D eigenvalue weighted by atomic mass is 35.5. The lowest BCUT2D eigenvalue weighted by molar-refractivity contribution is 0.558. The van der Waals surface area contributed by atoms with E-state index in [1.165, 1.54) is 11.6 Å². The van der Waals surface area contributed by atoms with E-state index in [1.54, 1.807) is 30.3 Å². The molecule has 2 aromatic carbocycles. The van der Waals surface area contributed by atoms with Crippen LogP contribution in [0.5, 0.6) is 0 Å². The molecule has 2 N–H and O–H groups in total. The number of rotatable bonds is 3. The minimum Gasteiger partial charge on any atom is -0.330 e. The third-order valence-electron chi connectivity index (χ3n) is 4.25. The first kappa shape index (κ1) is 15.5. The molecule has 0 aliphatic heterocycles. The number of hydrogen-bond donors (Lipinski definition) is 1. The minimum absolute atomic E-state index is 0.228. The second-order valence-electron chi connectivity index (χ2n) is 5.65. The van der Waals surface area contributed by atoms with Crippen molar-refractivity contribution in [3.8, 4) is 0 Å². The quantitative estimate of drug-likeness (QED) is 0.933. The van der Waals surface area contributed by atoms with Gasteiger partial charge in [-0.05, 0) is 73.2 Å². The first-order valence-electron chi connectivity index (χ1n) is 7.36. The minimum atomic E-state index is -3.53. The lowest BCUT2D eigenvalue weighted by atomic mass is 9.83. The summed E-state index contributed by atoms with van der Waals surface area (Å²) in [6.07, 6.45) is 3.03. The van der Waals surface area contributed by atoms with E-state index >= 15 is 0 Å². The fourth-order valence-electron chi connectivity index (χ4n) is 3.07. The van der Waals surface area contributed by atoms with E-state index in [0.717, 1.165) is 24.8 Å². The first-order chi connectivity index (χ1) is 10.5. The maximum absolute atomic E-state index is 12.7. The predicted molar refractivity (Wildman–Crippen MR) is 88.1 cm³/mol. The molecule has 0 amide bonds. The van der Waals surface area contributed by atoms with E-state index in [4.69, 9.17) is 17.3 Å². The summed E-state index contributed by atoms with van der Waals surface area (Å²) in [4.78, 5) is 0.553. The Bertz CT molecular complexity index is 802. The number of nitrogens with two attached hydrogens (primary N) is 1. The van der Waals surface area contributed by atoms with E-state index < -0.39 is 9.84 Å². The van der Waals surface area contributed by atoms with Gasteiger partial charge in [-0.15, -0.1) is 0 Å². The normalized spacial score (nSPS) is 18.0. The van der Waals surface area contributed by atoms with E-state index in [0.29, 0.717) is 22.4 Å². The third kappa shape index (κ3) is 2.78. The molecule has 3 nitrogen and oxygen atoms in total. The van der Waals surface area contributed by atoms with Crippen LogP contribution in [0.4, 0.5) is 0 Å². The van der Waals surface area contributed by atoms with Gasteiger partial charge in [0, 0.05) is 5.02 Å². The topological polar surface area (TPSA) is 60.2 Å². The second kappa shape index (κ2) is 6.03. The molecule has 0 saturated carbocycles. The Morgan fingerprint density at radius 1 is 1.14 bits per heavy atom. The standard InChI is InChI=1S/C17H18ClNO2S/c18-14-5-2-6-15(10-14)22(20,21)16-7-8-17-12(9-16)3-1-4-13(17)11-19/h2,5-10,13H,1,3-4,11,19H2. The summed E-state index contributed by atoms with van der Waals surface area (Å²) in [6.45, 7) is 0.605. The van der Waals surface area contributed by atoms with Crippen LogP contribution in [0.3, 0.4) is 0 Å². The molecule has 0 saturated heterocycles. The summed E-state index contributed by atoms with van der Waals surface area (Å²) in [5, 5.41) is 0.419. The molecule has 1 unspecified atom stereocenters.